The Kier molecular flexibility index (Phi) is 3.16. The second-order valence-electron chi connectivity index (χ2n) is 6.04. The topological polar surface area (TPSA) is 56.0 Å². The van der Waals surface area contributed by atoms with Crippen LogP contribution in [-0.2, 0) is 12.8 Å². The third-order valence-electron chi connectivity index (χ3n) is 4.39. The van der Waals surface area contributed by atoms with Gasteiger partial charge in [-0.2, -0.15) is 5.10 Å². The fourth-order valence-corrected chi connectivity index (χ4v) is 3.14. The van der Waals surface area contributed by atoms with Gasteiger partial charge in [0.05, 0.1) is 11.0 Å². The first kappa shape index (κ1) is 14.0. The van der Waals surface area contributed by atoms with Crippen LogP contribution in [0.2, 0.25) is 0 Å². The molecule has 0 saturated heterocycles. The second-order valence-corrected chi connectivity index (χ2v) is 6.04. The molecule has 0 aliphatic carbocycles. The standard InChI is InChI=1S/C20H15N5/c1-2-5-16-14(4-1)11-13-25-20(16)23-19(24-25)10-8-15-7-9-17-18(22-15)6-3-12-21-17/h1-7,9,11-13H,8,10H2. The average molecular weight is 325 g/mol. The first-order chi connectivity index (χ1) is 12.4. The number of rotatable bonds is 3. The smallest absolute Gasteiger partial charge is 0.163 e. The van der Waals surface area contributed by atoms with Crippen molar-refractivity contribution in [2.45, 2.75) is 12.8 Å². The maximum Gasteiger partial charge on any atom is 0.163 e. The van der Waals surface area contributed by atoms with E-state index in [4.69, 9.17) is 4.98 Å². The number of benzene rings is 1. The molecule has 4 heterocycles. The quantitative estimate of drug-likeness (QED) is 0.508. The molecular formula is C20H15N5. The van der Waals surface area contributed by atoms with Crippen molar-refractivity contribution in [2.24, 2.45) is 0 Å². The van der Waals surface area contributed by atoms with E-state index >= 15 is 0 Å². The summed E-state index contributed by atoms with van der Waals surface area (Å²) in [5.41, 5.74) is 3.78. The van der Waals surface area contributed by atoms with Crippen LogP contribution in [0, 0.1) is 0 Å². The van der Waals surface area contributed by atoms with Crippen LogP contribution in [0.25, 0.3) is 27.5 Å². The molecule has 0 fully saturated rings. The molecule has 0 spiro atoms. The van der Waals surface area contributed by atoms with E-state index in [-0.39, 0.29) is 0 Å². The van der Waals surface area contributed by atoms with Gasteiger partial charge in [0.15, 0.2) is 11.5 Å². The minimum atomic E-state index is 0.759. The van der Waals surface area contributed by atoms with Gasteiger partial charge in [-0.3, -0.25) is 9.97 Å². The molecule has 4 aromatic heterocycles. The number of fused-ring (bicyclic) bond motifs is 4. The molecule has 0 atom stereocenters. The molecule has 1 aromatic carbocycles. The van der Waals surface area contributed by atoms with Gasteiger partial charge in [-0.15, -0.1) is 0 Å². The van der Waals surface area contributed by atoms with Gasteiger partial charge < -0.3 is 0 Å². The number of aryl methyl sites for hydroxylation is 2. The fourth-order valence-electron chi connectivity index (χ4n) is 3.14. The largest absolute Gasteiger partial charge is 0.255 e. The van der Waals surface area contributed by atoms with E-state index in [1.54, 1.807) is 6.20 Å². The highest BCUT2D eigenvalue weighted by molar-refractivity contribution is 5.93. The molecule has 120 valence electrons. The molecule has 0 saturated carbocycles. The van der Waals surface area contributed by atoms with Gasteiger partial charge in [-0.05, 0) is 42.1 Å². The molecule has 0 N–H and O–H groups in total. The van der Waals surface area contributed by atoms with E-state index < -0.39 is 0 Å². The van der Waals surface area contributed by atoms with Crippen molar-refractivity contribution in [1.82, 2.24) is 24.6 Å². The van der Waals surface area contributed by atoms with Gasteiger partial charge in [0.25, 0.3) is 0 Å². The summed E-state index contributed by atoms with van der Waals surface area (Å²) in [7, 11) is 0. The summed E-state index contributed by atoms with van der Waals surface area (Å²) in [6, 6.07) is 18.3. The van der Waals surface area contributed by atoms with Crippen molar-refractivity contribution in [3.05, 3.63) is 78.5 Å². The predicted octanol–water partition coefficient (Wildman–Crippen LogP) is 3.61. The van der Waals surface area contributed by atoms with E-state index in [1.807, 2.05) is 47.1 Å². The van der Waals surface area contributed by atoms with Crippen LogP contribution in [0.5, 0.6) is 0 Å². The Morgan fingerprint density at radius 1 is 0.800 bits per heavy atom. The van der Waals surface area contributed by atoms with Crippen LogP contribution in [0.4, 0.5) is 0 Å². The van der Waals surface area contributed by atoms with Gasteiger partial charge in [0.1, 0.15) is 0 Å². The predicted molar refractivity (Wildman–Crippen MR) is 97.4 cm³/mol. The monoisotopic (exact) mass is 325 g/mol. The van der Waals surface area contributed by atoms with Crippen molar-refractivity contribution in [2.75, 3.05) is 0 Å². The Morgan fingerprint density at radius 3 is 2.76 bits per heavy atom. The van der Waals surface area contributed by atoms with Crippen LogP contribution in [0.3, 0.4) is 0 Å². The van der Waals surface area contributed by atoms with Gasteiger partial charge in [-0.25, -0.2) is 9.50 Å². The van der Waals surface area contributed by atoms with Crippen LogP contribution in [0.15, 0.2) is 67.0 Å². The third-order valence-corrected chi connectivity index (χ3v) is 4.39. The normalized spacial score (nSPS) is 11.5. The van der Waals surface area contributed by atoms with Gasteiger partial charge in [-0.1, -0.05) is 24.3 Å². The molecule has 0 aliphatic heterocycles. The van der Waals surface area contributed by atoms with Gasteiger partial charge >= 0.3 is 0 Å². The number of nitrogens with zero attached hydrogens (tertiary/aromatic N) is 5. The molecule has 5 rings (SSSR count). The molecule has 5 heteroatoms. The highest BCUT2D eigenvalue weighted by atomic mass is 15.3. The van der Waals surface area contributed by atoms with Crippen LogP contribution in [-0.4, -0.2) is 24.6 Å². The lowest BCUT2D eigenvalue weighted by Gasteiger charge is -2.00. The minimum Gasteiger partial charge on any atom is -0.255 e. The van der Waals surface area contributed by atoms with Crippen LogP contribution < -0.4 is 0 Å². The molecule has 5 aromatic rings. The Labute approximate surface area is 144 Å². The summed E-state index contributed by atoms with van der Waals surface area (Å²) < 4.78 is 1.86. The molecule has 5 nitrogen and oxygen atoms in total. The highest BCUT2D eigenvalue weighted by Gasteiger charge is 2.08. The molecule has 25 heavy (non-hydrogen) atoms. The van der Waals surface area contributed by atoms with Crippen molar-refractivity contribution in [3.8, 4) is 0 Å². The first-order valence-electron chi connectivity index (χ1n) is 8.30. The second kappa shape index (κ2) is 5.63. The lowest BCUT2D eigenvalue weighted by molar-refractivity contribution is 0.824. The highest BCUT2D eigenvalue weighted by Crippen LogP contribution is 2.18. The molecular weight excluding hydrogens is 310 g/mol. The summed E-state index contributed by atoms with van der Waals surface area (Å²) in [6.07, 6.45) is 5.32. The third kappa shape index (κ3) is 2.50. The number of aromatic nitrogens is 5. The Balaban J connectivity index is 1.46. The summed E-state index contributed by atoms with van der Waals surface area (Å²) >= 11 is 0. The van der Waals surface area contributed by atoms with E-state index in [2.05, 4.69) is 33.3 Å². The SMILES string of the molecule is c1ccc2c(c1)ccn1nc(CCc3ccc4ncccc4n3)nc21. The molecule has 0 unspecified atom stereocenters. The number of hydrogen-bond acceptors (Lipinski definition) is 4. The van der Waals surface area contributed by atoms with Crippen molar-refractivity contribution >= 4 is 27.5 Å². The summed E-state index contributed by atoms with van der Waals surface area (Å²) in [6.45, 7) is 0. The van der Waals surface area contributed by atoms with Gasteiger partial charge in [0, 0.05) is 29.9 Å². The van der Waals surface area contributed by atoms with Crippen LogP contribution in [0.1, 0.15) is 11.5 Å². The molecule has 0 amide bonds. The van der Waals surface area contributed by atoms with Crippen molar-refractivity contribution in [3.63, 3.8) is 0 Å². The lowest BCUT2D eigenvalue weighted by Crippen LogP contribution is -1.97. The molecule has 0 bridgehead atoms. The average Bonchev–Trinajstić information content (AvgIpc) is 3.10. The molecule has 0 aliphatic rings. The zero-order chi connectivity index (χ0) is 16.6. The van der Waals surface area contributed by atoms with Crippen LogP contribution >= 0.6 is 0 Å². The first-order valence-corrected chi connectivity index (χ1v) is 8.30. The zero-order valence-corrected chi connectivity index (χ0v) is 13.5. The Hall–Kier alpha value is -3.34. The van der Waals surface area contributed by atoms with E-state index in [0.29, 0.717) is 0 Å². The fraction of sp³-hybridized carbons (Fsp3) is 0.100. The van der Waals surface area contributed by atoms with E-state index in [1.165, 1.54) is 5.39 Å². The zero-order valence-electron chi connectivity index (χ0n) is 13.5. The number of hydrogen-bond donors (Lipinski definition) is 0. The Bertz CT molecular complexity index is 1210. The molecule has 0 radical (unpaired) electrons. The van der Waals surface area contributed by atoms with E-state index in [9.17, 15) is 0 Å². The Morgan fingerprint density at radius 2 is 1.76 bits per heavy atom. The maximum absolute atomic E-state index is 4.73. The number of pyridine rings is 3. The lowest BCUT2D eigenvalue weighted by atomic mass is 10.2. The van der Waals surface area contributed by atoms with Crippen molar-refractivity contribution < 1.29 is 0 Å². The van der Waals surface area contributed by atoms with E-state index in [0.717, 1.165) is 46.4 Å². The van der Waals surface area contributed by atoms with Crippen molar-refractivity contribution in [1.29, 1.82) is 0 Å². The van der Waals surface area contributed by atoms with Gasteiger partial charge in [0.2, 0.25) is 0 Å². The summed E-state index contributed by atoms with van der Waals surface area (Å²) in [5.74, 6) is 0.837. The summed E-state index contributed by atoms with van der Waals surface area (Å²) in [5, 5.41) is 6.91. The minimum absolute atomic E-state index is 0.759. The summed E-state index contributed by atoms with van der Waals surface area (Å²) in [4.78, 5) is 13.7. The maximum atomic E-state index is 4.73.